The highest BCUT2D eigenvalue weighted by Crippen LogP contribution is 2.31. The predicted octanol–water partition coefficient (Wildman–Crippen LogP) is 2.01. The summed E-state index contributed by atoms with van der Waals surface area (Å²) in [6.45, 7) is 3.22. The lowest BCUT2D eigenvalue weighted by Gasteiger charge is -2.21. The smallest absolute Gasteiger partial charge is 0.249 e. The number of carbonyl (C=O) groups excluding carboxylic acids is 2. The van der Waals surface area contributed by atoms with E-state index in [2.05, 4.69) is 5.32 Å². The monoisotopic (exact) mass is 351 g/mol. The lowest BCUT2D eigenvalue weighted by molar-refractivity contribution is -0.129. The van der Waals surface area contributed by atoms with E-state index in [1.165, 1.54) is 5.56 Å². The molecular weight excluding hydrogens is 326 g/mol. The molecule has 2 aliphatic rings. The van der Waals surface area contributed by atoms with Crippen molar-refractivity contribution >= 4 is 29.9 Å². The van der Waals surface area contributed by atoms with Crippen molar-refractivity contribution in [2.24, 2.45) is 17.6 Å². The number of halogens is 1. The molecule has 0 aromatic heterocycles. The molecule has 1 aliphatic heterocycles. The highest BCUT2D eigenvalue weighted by molar-refractivity contribution is 6.01. The van der Waals surface area contributed by atoms with Gasteiger partial charge in [0.05, 0.1) is 0 Å². The lowest BCUT2D eigenvalue weighted by Crippen LogP contribution is -2.45. The zero-order chi connectivity index (χ0) is 16.4. The number of nitrogens with zero attached hydrogens (tertiary/aromatic N) is 1. The van der Waals surface area contributed by atoms with Crippen LogP contribution in [0.2, 0.25) is 0 Å². The Balaban J connectivity index is 0.00000208. The minimum absolute atomic E-state index is 0. The summed E-state index contributed by atoms with van der Waals surface area (Å²) < 4.78 is 0. The van der Waals surface area contributed by atoms with Gasteiger partial charge in [-0.3, -0.25) is 9.59 Å². The first-order valence-electron chi connectivity index (χ1n) is 8.48. The Labute approximate surface area is 149 Å². The number of carbonyl (C=O) groups is 2. The second-order valence-electron chi connectivity index (χ2n) is 6.71. The van der Waals surface area contributed by atoms with E-state index in [1.807, 2.05) is 31.2 Å². The molecule has 2 fully saturated rings. The maximum atomic E-state index is 12.6. The van der Waals surface area contributed by atoms with Crippen molar-refractivity contribution < 1.29 is 9.59 Å². The molecule has 0 spiro atoms. The Bertz CT molecular complexity index is 590. The van der Waals surface area contributed by atoms with Gasteiger partial charge < -0.3 is 16.0 Å². The molecule has 1 aromatic rings. The van der Waals surface area contributed by atoms with Crippen LogP contribution in [0, 0.1) is 18.8 Å². The molecule has 3 N–H and O–H groups in total. The van der Waals surface area contributed by atoms with Gasteiger partial charge in [-0.05, 0) is 50.8 Å². The van der Waals surface area contributed by atoms with E-state index in [1.54, 1.807) is 4.90 Å². The van der Waals surface area contributed by atoms with Crippen molar-refractivity contribution in [1.29, 1.82) is 0 Å². The maximum absolute atomic E-state index is 12.6. The molecule has 5 nitrogen and oxygen atoms in total. The van der Waals surface area contributed by atoms with Crippen LogP contribution in [0.15, 0.2) is 24.3 Å². The number of hydrogen-bond acceptors (Lipinski definition) is 3. The van der Waals surface area contributed by atoms with Crippen LogP contribution >= 0.6 is 12.4 Å². The van der Waals surface area contributed by atoms with Crippen molar-refractivity contribution in [3.05, 3.63) is 29.8 Å². The van der Waals surface area contributed by atoms with Crippen molar-refractivity contribution in [3.8, 4) is 0 Å². The summed E-state index contributed by atoms with van der Waals surface area (Å²) in [7, 11) is 0. The highest BCUT2D eigenvalue weighted by atomic mass is 35.5. The first-order valence-corrected chi connectivity index (χ1v) is 8.48. The maximum Gasteiger partial charge on any atom is 0.249 e. The number of anilines is 1. The topological polar surface area (TPSA) is 75.4 Å². The van der Waals surface area contributed by atoms with Gasteiger partial charge in [0.2, 0.25) is 11.8 Å². The summed E-state index contributed by atoms with van der Waals surface area (Å²) in [4.78, 5) is 26.8. The minimum atomic E-state index is -0.400. The van der Waals surface area contributed by atoms with Crippen LogP contribution in [0.4, 0.5) is 5.69 Å². The molecule has 0 bridgehead atoms. The average Bonchev–Trinajstić information content (AvgIpc) is 3.16. The Hall–Kier alpha value is -1.59. The molecule has 1 aliphatic carbocycles. The first-order chi connectivity index (χ1) is 11.1. The predicted molar refractivity (Wildman–Crippen MR) is 97.2 cm³/mol. The van der Waals surface area contributed by atoms with Crippen LogP contribution in [-0.2, 0) is 9.59 Å². The molecule has 1 aromatic carbocycles. The van der Waals surface area contributed by atoms with Crippen molar-refractivity contribution in [2.45, 2.75) is 38.6 Å². The molecule has 132 valence electrons. The summed E-state index contributed by atoms with van der Waals surface area (Å²) in [5.41, 5.74) is 7.82. The summed E-state index contributed by atoms with van der Waals surface area (Å²) in [5.74, 6) is 0.229. The number of hydrogen-bond donors (Lipinski definition) is 2. The third-order valence-electron chi connectivity index (χ3n) is 5.17. The molecule has 1 unspecified atom stereocenters. The van der Waals surface area contributed by atoms with Gasteiger partial charge in [0.25, 0.3) is 0 Å². The summed E-state index contributed by atoms with van der Waals surface area (Å²) in [6.07, 6.45) is 3.62. The van der Waals surface area contributed by atoms with E-state index >= 15 is 0 Å². The number of rotatable bonds is 4. The number of aryl methyl sites for hydroxylation is 1. The molecule has 3 rings (SSSR count). The van der Waals surface area contributed by atoms with Crippen molar-refractivity contribution in [1.82, 2.24) is 5.32 Å². The van der Waals surface area contributed by atoms with Crippen LogP contribution in [0.5, 0.6) is 0 Å². The first kappa shape index (κ1) is 18.7. The van der Waals surface area contributed by atoms with Gasteiger partial charge in [-0.15, -0.1) is 12.4 Å². The Morgan fingerprint density at radius 2 is 1.96 bits per heavy atom. The SMILES string of the molecule is Cc1ccc(N2CCC(NC(=O)[C@@H]3CCC[C@@H]3CN)C2=O)cc1.Cl. The van der Waals surface area contributed by atoms with Gasteiger partial charge >= 0.3 is 0 Å². The Morgan fingerprint density at radius 3 is 2.62 bits per heavy atom. The van der Waals surface area contributed by atoms with Crippen LogP contribution in [-0.4, -0.2) is 30.9 Å². The van der Waals surface area contributed by atoms with Gasteiger partial charge in [-0.2, -0.15) is 0 Å². The second-order valence-corrected chi connectivity index (χ2v) is 6.71. The third kappa shape index (κ3) is 3.73. The summed E-state index contributed by atoms with van der Waals surface area (Å²) in [6, 6.07) is 7.51. The lowest BCUT2D eigenvalue weighted by atomic mass is 9.95. The number of benzene rings is 1. The van der Waals surface area contributed by atoms with Gasteiger partial charge in [0.1, 0.15) is 6.04 Å². The summed E-state index contributed by atoms with van der Waals surface area (Å²) in [5, 5.41) is 2.96. The van der Waals surface area contributed by atoms with Gasteiger partial charge in [0, 0.05) is 18.2 Å². The van der Waals surface area contributed by atoms with Gasteiger partial charge in [0.15, 0.2) is 0 Å². The van der Waals surface area contributed by atoms with Crippen LogP contribution in [0.1, 0.15) is 31.2 Å². The normalized spacial score (nSPS) is 26.3. The largest absolute Gasteiger partial charge is 0.344 e. The van der Waals surface area contributed by atoms with Gasteiger partial charge in [-0.1, -0.05) is 24.1 Å². The molecule has 2 amide bonds. The van der Waals surface area contributed by atoms with Crippen molar-refractivity contribution in [2.75, 3.05) is 18.0 Å². The fourth-order valence-electron chi connectivity index (χ4n) is 3.74. The van der Waals surface area contributed by atoms with E-state index in [4.69, 9.17) is 5.73 Å². The molecule has 1 heterocycles. The number of nitrogens with one attached hydrogen (secondary N) is 1. The Kier molecular flexibility index (Phi) is 6.24. The second kappa shape index (κ2) is 7.99. The van der Waals surface area contributed by atoms with Crippen LogP contribution < -0.4 is 16.0 Å². The minimum Gasteiger partial charge on any atom is -0.344 e. The molecular formula is C18H26ClN3O2. The molecule has 1 saturated carbocycles. The fraction of sp³-hybridized carbons (Fsp3) is 0.556. The highest BCUT2D eigenvalue weighted by Gasteiger charge is 2.37. The molecule has 6 heteroatoms. The number of amides is 2. The molecule has 24 heavy (non-hydrogen) atoms. The quantitative estimate of drug-likeness (QED) is 0.871. The van der Waals surface area contributed by atoms with E-state index in [0.29, 0.717) is 19.5 Å². The standard InChI is InChI=1S/C18H25N3O2.ClH/c1-12-5-7-14(8-6-12)21-10-9-16(18(21)23)20-17(22)15-4-2-3-13(15)11-19;/h5-8,13,15-16H,2-4,9-11,19H2,1H3,(H,20,22);1H/t13-,15-,16?;/m1./s1. The van der Waals surface area contributed by atoms with E-state index in [0.717, 1.165) is 24.9 Å². The van der Waals surface area contributed by atoms with E-state index in [9.17, 15) is 9.59 Å². The van der Waals surface area contributed by atoms with Gasteiger partial charge in [-0.25, -0.2) is 0 Å². The van der Waals surface area contributed by atoms with Crippen LogP contribution in [0.3, 0.4) is 0 Å². The zero-order valence-electron chi connectivity index (χ0n) is 14.0. The Morgan fingerprint density at radius 1 is 1.25 bits per heavy atom. The number of nitrogens with two attached hydrogens (primary N) is 1. The third-order valence-corrected chi connectivity index (χ3v) is 5.17. The zero-order valence-corrected chi connectivity index (χ0v) is 14.8. The van der Waals surface area contributed by atoms with E-state index < -0.39 is 6.04 Å². The van der Waals surface area contributed by atoms with Crippen molar-refractivity contribution in [3.63, 3.8) is 0 Å². The fourth-order valence-corrected chi connectivity index (χ4v) is 3.74. The average molecular weight is 352 g/mol. The van der Waals surface area contributed by atoms with Crippen LogP contribution in [0.25, 0.3) is 0 Å². The molecule has 3 atom stereocenters. The molecule has 0 radical (unpaired) electrons. The van der Waals surface area contributed by atoms with E-state index in [-0.39, 0.29) is 36.1 Å². The molecule has 1 saturated heterocycles. The summed E-state index contributed by atoms with van der Waals surface area (Å²) >= 11 is 0.